The minimum atomic E-state index is -1.00. The lowest BCUT2D eigenvalue weighted by molar-refractivity contribution is 0.0425. The zero-order valence-corrected chi connectivity index (χ0v) is 16.1. The molecule has 1 aromatic carbocycles. The van der Waals surface area contributed by atoms with Gasteiger partial charge in [-0.1, -0.05) is 0 Å². The molecule has 1 heterocycles. The third-order valence-electron chi connectivity index (χ3n) is 4.86. The summed E-state index contributed by atoms with van der Waals surface area (Å²) < 4.78 is 37.2. The van der Waals surface area contributed by atoms with Crippen LogP contribution in [0.5, 0.6) is 11.5 Å². The van der Waals surface area contributed by atoms with Gasteiger partial charge in [0, 0.05) is 50.9 Å². The van der Waals surface area contributed by atoms with Crippen LogP contribution >= 0.6 is 0 Å². The first kappa shape index (κ1) is 21.5. The second-order valence-corrected chi connectivity index (χ2v) is 7.21. The zero-order chi connectivity index (χ0) is 20.8. The molecule has 2 aliphatic rings. The predicted molar refractivity (Wildman–Crippen MR) is 99.9 cm³/mol. The van der Waals surface area contributed by atoms with Crippen molar-refractivity contribution in [3.63, 3.8) is 0 Å². The van der Waals surface area contributed by atoms with Crippen LogP contribution in [0.15, 0.2) is 12.1 Å². The Balaban J connectivity index is 1.37. The highest BCUT2D eigenvalue weighted by Crippen LogP contribution is 2.28. The molecule has 1 saturated carbocycles. The molecule has 0 bridgehead atoms. The number of benzene rings is 1. The molecule has 0 aromatic heterocycles. The Morgan fingerprint density at radius 3 is 2.72 bits per heavy atom. The highest BCUT2D eigenvalue weighted by molar-refractivity contribution is 5.75. The minimum absolute atomic E-state index is 0.0197. The number of nitrogens with one attached hydrogen (secondary N) is 1. The maximum atomic E-state index is 13.6. The molecule has 162 valence electrons. The minimum Gasteiger partial charge on any atom is -0.505 e. The Bertz CT molecular complexity index is 699. The zero-order valence-electron chi connectivity index (χ0n) is 16.1. The normalized spacial score (nSPS) is 17.8. The molecule has 1 aliphatic carbocycles. The lowest BCUT2D eigenvalue weighted by Gasteiger charge is -2.33. The van der Waals surface area contributed by atoms with E-state index in [0.29, 0.717) is 45.5 Å². The van der Waals surface area contributed by atoms with Gasteiger partial charge in [0.15, 0.2) is 23.1 Å². The van der Waals surface area contributed by atoms with Crippen LogP contribution in [0, 0.1) is 11.6 Å². The summed E-state index contributed by atoms with van der Waals surface area (Å²) in [5.74, 6) is -3.09. The summed E-state index contributed by atoms with van der Waals surface area (Å²) in [6.45, 7) is 3.25. The standard InChI is InChI=1S/C19H27F2N3O5/c20-15-10-18(16(21)9-17(15)26)29-12-14(25)11-22-3-4-24(13-1-2-13)19(27)23-5-7-28-8-6-23/h9-10,13-14,22,25-26H,1-8,11-12H2/t14-/m0/s1. The predicted octanol–water partition coefficient (Wildman–Crippen LogP) is 0.916. The molecule has 8 nitrogen and oxygen atoms in total. The number of phenolic OH excluding ortho intramolecular Hbond substituents is 1. The largest absolute Gasteiger partial charge is 0.505 e. The number of morpholine rings is 1. The van der Waals surface area contributed by atoms with Crippen LogP contribution in [0.25, 0.3) is 0 Å². The van der Waals surface area contributed by atoms with E-state index in [4.69, 9.17) is 14.6 Å². The highest BCUT2D eigenvalue weighted by atomic mass is 19.1. The van der Waals surface area contributed by atoms with Crippen molar-refractivity contribution in [2.24, 2.45) is 0 Å². The molecule has 1 aliphatic heterocycles. The molecule has 1 atom stereocenters. The SMILES string of the molecule is O=C(N1CCOCC1)N(CCNC[C@H](O)COc1cc(F)c(O)cc1F)C1CC1. The number of aromatic hydroxyl groups is 1. The lowest BCUT2D eigenvalue weighted by Crippen LogP contribution is -2.50. The first-order chi connectivity index (χ1) is 14.0. The van der Waals surface area contributed by atoms with E-state index in [0.717, 1.165) is 18.9 Å². The van der Waals surface area contributed by atoms with Crippen LogP contribution in [0.2, 0.25) is 0 Å². The summed E-state index contributed by atoms with van der Waals surface area (Å²) in [5.41, 5.74) is 0. The molecule has 1 aromatic rings. The first-order valence-corrected chi connectivity index (χ1v) is 9.78. The average Bonchev–Trinajstić information content (AvgIpc) is 3.55. The van der Waals surface area contributed by atoms with Crippen molar-refractivity contribution >= 4 is 6.03 Å². The fraction of sp³-hybridized carbons (Fsp3) is 0.632. The maximum absolute atomic E-state index is 13.6. The molecule has 2 fully saturated rings. The van der Waals surface area contributed by atoms with E-state index in [1.165, 1.54) is 0 Å². The van der Waals surface area contributed by atoms with Crippen LogP contribution in [0.3, 0.4) is 0 Å². The van der Waals surface area contributed by atoms with Crippen molar-refractivity contribution in [2.45, 2.75) is 25.0 Å². The van der Waals surface area contributed by atoms with Crippen molar-refractivity contribution < 1.29 is 33.3 Å². The number of nitrogens with zero attached hydrogens (tertiary/aromatic N) is 2. The van der Waals surface area contributed by atoms with E-state index < -0.39 is 23.5 Å². The van der Waals surface area contributed by atoms with Gasteiger partial charge in [-0.2, -0.15) is 0 Å². The van der Waals surface area contributed by atoms with Gasteiger partial charge in [0.05, 0.1) is 13.2 Å². The fourth-order valence-electron chi connectivity index (χ4n) is 3.10. The van der Waals surface area contributed by atoms with Crippen molar-refractivity contribution in [2.75, 3.05) is 52.5 Å². The molecule has 0 unspecified atom stereocenters. The monoisotopic (exact) mass is 415 g/mol. The Morgan fingerprint density at radius 1 is 1.31 bits per heavy atom. The molecular weight excluding hydrogens is 388 g/mol. The highest BCUT2D eigenvalue weighted by Gasteiger charge is 2.34. The third-order valence-corrected chi connectivity index (χ3v) is 4.86. The number of hydrogen-bond acceptors (Lipinski definition) is 6. The van der Waals surface area contributed by atoms with Crippen LogP contribution < -0.4 is 10.1 Å². The topological polar surface area (TPSA) is 94.5 Å². The van der Waals surface area contributed by atoms with Crippen molar-refractivity contribution in [3.8, 4) is 11.5 Å². The van der Waals surface area contributed by atoms with E-state index >= 15 is 0 Å². The number of halogens is 2. The smallest absolute Gasteiger partial charge is 0.320 e. The molecule has 3 rings (SSSR count). The first-order valence-electron chi connectivity index (χ1n) is 9.78. The van der Waals surface area contributed by atoms with Crippen LogP contribution in [-0.2, 0) is 4.74 Å². The second-order valence-electron chi connectivity index (χ2n) is 7.21. The van der Waals surface area contributed by atoms with Crippen LogP contribution in [0.4, 0.5) is 13.6 Å². The molecule has 0 spiro atoms. The van der Waals surface area contributed by atoms with Gasteiger partial charge in [0.25, 0.3) is 0 Å². The van der Waals surface area contributed by atoms with Gasteiger partial charge in [0.2, 0.25) is 0 Å². The van der Waals surface area contributed by atoms with E-state index in [1.807, 2.05) is 4.90 Å². The number of phenols is 1. The van der Waals surface area contributed by atoms with E-state index in [2.05, 4.69) is 5.32 Å². The summed E-state index contributed by atoms with van der Waals surface area (Å²) in [7, 11) is 0. The number of carbonyl (C=O) groups excluding carboxylic acids is 1. The van der Waals surface area contributed by atoms with Gasteiger partial charge < -0.3 is 34.8 Å². The summed E-state index contributed by atoms with van der Waals surface area (Å²) in [4.78, 5) is 16.3. The van der Waals surface area contributed by atoms with Gasteiger partial charge in [-0.3, -0.25) is 0 Å². The number of urea groups is 1. The Labute approximate surface area is 168 Å². The average molecular weight is 415 g/mol. The van der Waals surface area contributed by atoms with Crippen LogP contribution in [0.1, 0.15) is 12.8 Å². The molecule has 3 N–H and O–H groups in total. The summed E-state index contributed by atoms with van der Waals surface area (Å²) in [6.07, 6.45) is 1.05. The second kappa shape index (κ2) is 10.0. The molecule has 29 heavy (non-hydrogen) atoms. The van der Waals surface area contributed by atoms with E-state index in [9.17, 15) is 18.7 Å². The molecule has 1 saturated heterocycles. The third kappa shape index (κ3) is 6.15. The summed E-state index contributed by atoms with van der Waals surface area (Å²) >= 11 is 0. The van der Waals surface area contributed by atoms with Crippen molar-refractivity contribution in [1.82, 2.24) is 15.1 Å². The summed E-state index contributed by atoms with van der Waals surface area (Å²) in [6, 6.07) is 1.64. The molecule has 2 amide bonds. The van der Waals surface area contributed by atoms with Crippen LogP contribution in [-0.4, -0.2) is 90.7 Å². The molecule has 0 radical (unpaired) electrons. The fourth-order valence-corrected chi connectivity index (χ4v) is 3.10. The quantitative estimate of drug-likeness (QED) is 0.520. The van der Waals surface area contributed by atoms with Gasteiger partial charge in [0.1, 0.15) is 12.7 Å². The number of aliphatic hydroxyl groups excluding tert-OH is 1. The van der Waals surface area contributed by atoms with E-state index in [1.54, 1.807) is 4.90 Å². The Kier molecular flexibility index (Phi) is 7.45. The van der Waals surface area contributed by atoms with Gasteiger partial charge in [-0.15, -0.1) is 0 Å². The number of ether oxygens (including phenoxy) is 2. The number of carbonyl (C=O) groups is 1. The number of hydrogen-bond donors (Lipinski definition) is 3. The maximum Gasteiger partial charge on any atom is 0.320 e. The van der Waals surface area contributed by atoms with Gasteiger partial charge >= 0.3 is 6.03 Å². The van der Waals surface area contributed by atoms with Crippen molar-refractivity contribution in [3.05, 3.63) is 23.8 Å². The Hall–Kier alpha value is -2.17. The Morgan fingerprint density at radius 2 is 2.03 bits per heavy atom. The molecular formula is C19H27F2N3O5. The van der Waals surface area contributed by atoms with E-state index in [-0.39, 0.29) is 31.0 Å². The molecule has 10 heteroatoms. The van der Waals surface area contributed by atoms with Gasteiger partial charge in [-0.05, 0) is 12.8 Å². The lowest BCUT2D eigenvalue weighted by atomic mass is 10.3. The van der Waals surface area contributed by atoms with Gasteiger partial charge in [-0.25, -0.2) is 13.6 Å². The number of rotatable bonds is 9. The number of amides is 2. The number of aliphatic hydroxyl groups is 1. The van der Waals surface area contributed by atoms with Crippen molar-refractivity contribution in [1.29, 1.82) is 0 Å². The summed E-state index contributed by atoms with van der Waals surface area (Å²) in [5, 5.41) is 22.1.